The van der Waals surface area contributed by atoms with Crippen molar-refractivity contribution in [3.05, 3.63) is 34.6 Å². The van der Waals surface area contributed by atoms with E-state index in [1.54, 1.807) is 0 Å². The largest absolute Gasteiger partial charge is 0.336 e. The number of aromatic nitrogens is 3. The van der Waals surface area contributed by atoms with E-state index in [2.05, 4.69) is 34.6 Å². The summed E-state index contributed by atoms with van der Waals surface area (Å²) < 4.78 is 1.47. The molecule has 0 spiro atoms. The average Bonchev–Trinajstić information content (AvgIpc) is 2.84. The predicted octanol–water partition coefficient (Wildman–Crippen LogP) is 2.99. The Morgan fingerprint density at radius 3 is 2.50 bits per heavy atom. The van der Waals surface area contributed by atoms with Gasteiger partial charge in [-0.25, -0.2) is 4.68 Å². The van der Waals surface area contributed by atoms with Crippen LogP contribution in [0.3, 0.4) is 0 Å². The fourth-order valence-electron chi connectivity index (χ4n) is 2.60. The molecule has 24 heavy (non-hydrogen) atoms. The molecule has 1 aromatic heterocycles. The van der Waals surface area contributed by atoms with Crippen molar-refractivity contribution >= 4 is 23.4 Å². The number of nitrogens with one attached hydrogen (secondary N) is 1. The summed E-state index contributed by atoms with van der Waals surface area (Å²) in [6.45, 7) is 9.95. The first-order chi connectivity index (χ1) is 11.3. The maximum atomic E-state index is 12.5. The Hall–Kier alpha value is -2.02. The van der Waals surface area contributed by atoms with Gasteiger partial charge in [-0.2, -0.15) is 0 Å². The number of carbonyl (C=O) groups excluding carboxylic acids is 1. The van der Waals surface area contributed by atoms with Crippen molar-refractivity contribution in [2.75, 3.05) is 11.2 Å². The van der Waals surface area contributed by atoms with Gasteiger partial charge in [-0.1, -0.05) is 36.4 Å². The second-order valence-electron chi connectivity index (χ2n) is 6.04. The molecular weight excluding hydrogens is 322 g/mol. The fraction of sp³-hybridized carbons (Fsp3) is 0.471. The number of nitrogens with two attached hydrogens (primary N) is 1. The van der Waals surface area contributed by atoms with Crippen LogP contribution in [0.1, 0.15) is 42.8 Å². The maximum absolute atomic E-state index is 12.5. The number of thioether (sulfide) groups is 1. The van der Waals surface area contributed by atoms with E-state index in [0.29, 0.717) is 5.16 Å². The van der Waals surface area contributed by atoms with Gasteiger partial charge >= 0.3 is 0 Å². The number of rotatable bonds is 6. The Kier molecular flexibility index (Phi) is 5.88. The first-order valence-corrected chi connectivity index (χ1v) is 8.96. The normalized spacial score (nSPS) is 12.2. The van der Waals surface area contributed by atoms with Crippen LogP contribution in [-0.2, 0) is 11.2 Å². The van der Waals surface area contributed by atoms with E-state index in [9.17, 15) is 4.79 Å². The molecule has 1 unspecified atom stereocenters. The molecule has 0 fully saturated rings. The van der Waals surface area contributed by atoms with Crippen LogP contribution in [0, 0.1) is 20.8 Å². The molecule has 0 radical (unpaired) electrons. The van der Waals surface area contributed by atoms with Crippen LogP contribution in [0.25, 0.3) is 0 Å². The summed E-state index contributed by atoms with van der Waals surface area (Å²) in [5, 5.41) is 11.4. The Bertz CT molecular complexity index is 718. The average molecular weight is 347 g/mol. The Morgan fingerprint density at radius 1 is 1.29 bits per heavy atom. The number of hydrogen-bond acceptors (Lipinski definition) is 5. The Labute approximate surface area is 147 Å². The van der Waals surface area contributed by atoms with Gasteiger partial charge in [0.15, 0.2) is 5.82 Å². The van der Waals surface area contributed by atoms with Gasteiger partial charge in [0.2, 0.25) is 11.1 Å². The number of benzene rings is 1. The van der Waals surface area contributed by atoms with Gasteiger partial charge in [-0.15, -0.1) is 10.2 Å². The lowest BCUT2D eigenvalue weighted by Gasteiger charge is -2.16. The smallest absolute Gasteiger partial charge is 0.237 e. The highest BCUT2D eigenvalue weighted by atomic mass is 32.2. The van der Waals surface area contributed by atoms with Gasteiger partial charge in [-0.05, 0) is 45.2 Å². The molecule has 0 saturated carbocycles. The standard InChI is InChI=1S/C17H25N5OS/c1-6-7-14-20-21-17(22(14)18)24-13(5)16(23)19-15-11(3)8-10(2)9-12(15)4/h8-9,13H,6-7,18H2,1-5H3,(H,19,23). The fourth-order valence-corrected chi connectivity index (χ4v) is 3.38. The quantitative estimate of drug-likeness (QED) is 0.620. The summed E-state index contributed by atoms with van der Waals surface area (Å²) in [5.41, 5.74) is 4.18. The molecule has 0 saturated heterocycles. The van der Waals surface area contributed by atoms with Crippen molar-refractivity contribution in [1.82, 2.24) is 14.9 Å². The minimum atomic E-state index is -0.328. The van der Waals surface area contributed by atoms with Crippen LogP contribution < -0.4 is 11.2 Å². The summed E-state index contributed by atoms with van der Waals surface area (Å²) in [4.78, 5) is 12.5. The van der Waals surface area contributed by atoms with Gasteiger partial charge in [0.05, 0.1) is 5.25 Å². The number of anilines is 1. The molecule has 0 aliphatic carbocycles. The van der Waals surface area contributed by atoms with Gasteiger partial charge in [0.1, 0.15) is 0 Å². The predicted molar refractivity (Wildman–Crippen MR) is 98.8 cm³/mol. The number of aryl methyl sites for hydroxylation is 4. The van der Waals surface area contributed by atoms with Gasteiger partial charge in [0.25, 0.3) is 0 Å². The molecule has 0 aliphatic rings. The molecule has 1 aromatic carbocycles. The second-order valence-corrected chi connectivity index (χ2v) is 7.35. The van der Waals surface area contributed by atoms with Crippen LogP contribution >= 0.6 is 11.8 Å². The third-order valence-corrected chi connectivity index (χ3v) is 4.84. The molecule has 0 bridgehead atoms. The number of amides is 1. The molecule has 130 valence electrons. The molecule has 3 N–H and O–H groups in total. The van der Waals surface area contributed by atoms with Crippen molar-refractivity contribution in [3.63, 3.8) is 0 Å². The Morgan fingerprint density at radius 2 is 1.92 bits per heavy atom. The summed E-state index contributed by atoms with van der Waals surface area (Å²) in [5.74, 6) is 6.65. The van der Waals surface area contributed by atoms with Crippen molar-refractivity contribution < 1.29 is 4.79 Å². The van der Waals surface area contributed by atoms with E-state index in [-0.39, 0.29) is 11.2 Å². The van der Waals surface area contributed by atoms with Crippen molar-refractivity contribution in [2.24, 2.45) is 0 Å². The van der Waals surface area contributed by atoms with Crippen LogP contribution in [0.15, 0.2) is 17.3 Å². The summed E-state index contributed by atoms with van der Waals surface area (Å²) in [6.07, 6.45) is 1.72. The molecule has 2 aromatic rings. The number of hydrogen-bond donors (Lipinski definition) is 2. The topological polar surface area (TPSA) is 85.8 Å². The highest BCUT2D eigenvalue weighted by Crippen LogP contribution is 2.25. The van der Waals surface area contributed by atoms with Crippen molar-refractivity contribution in [2.45, 2.75) is 57.9 Å². The monoisotopic (exact) mass is 347 g/mol. The Balaban J connectivity index is 2.08. The first kappa shape index (κ1) is 18.3. The van der Waals surface area contributed by atoms with E-state index in [1.807, 2.05) is 27.7 Å². The highest BCUT2D eigenvalue weighted by Gasteiger charge is 2.20. The maximum Gasteiger partial charge on any atom is 0.237 e. The number of carbonyl (C=O) groups is 1. The lowest BCUT2D eigenvalue weighted by Crippen LogP contribution is -2.24. The molecule has 1 amide bonds. The lowest BCUT2D eigenvalue weighted by molar-refractivity contribution is -0.115. The SMILES string of the molecule is CCCc1nnc(SC(C)C(=O)Nc2c(C)cc(C)cc2C)n1N. The molecule has 1 atom stereocenters. The summed E-state index contributed by atoms with van der Waals surface area (Å²) in [6, 6.07) is 4.13. The third-order valence-electron chi connectivity index (χ3n) is 3.79. The minimum Gasteiger partial charge on any atom is -0.336 e. The zero-order valence-electron chi connectivity index (χ0n) is 14.9. The van der Waals surface area contributed by atoms with E-state index < -0.39 is 0 Å². The molecular formula is C17H25N5OS. The lowest BCUT2D eigenvalue weighted by atomic mass is 10.1. The van der Waals surface area contributed by atoms with Crippen molar-refractivity contribution in [3.8, 4) is 0 Å². The zero-order chi connectivity index (χ0) is 17.9. The summed E-state index contributed by atoms with van der Waals surface area (Å²) in [7, 11) is 0. The minimum absolute atomic E-state index is 0.0740. The second kappa shape index (κ2) is 7.70. The van der Waals surface area contributed by atoms with Gasteiger partial charge < -0.3 is 11.2 Å². The molecule has 1 heterocycles. The third kappa shape index (κ3) is 4.08. The van der Waals surface area contributed by atoms with Gasteiger partial charge in [-0.3, -0.25) is 4.79 Å². The summed E-state index contributed by atoms with van der Waals surface area (Å²) >= 11 is 1.31. The first-order valence-electron chi connectivity index (χ1n) is 8.08. The molecule has 6 nitrogen and oxygen atoms in total. The van der Waals surface area contributed by atoms with Crippen molar-refractivity contribution in [1.29, 1.82) is 0 Å². The zero-order valence-corrected chi connectivity index (χ0v) is 15.7. The van der Waals surface area contributed by atoms with E-state index in [4.69, 9.17) is 5.84 Å². The van der Waals surface area contributed by atoms with E-state index in [0.717, 1.165) is 35.5 Å². The van der Waals surface area contributed by atoms with Gasteiger partial charge in [0, 0.05) is 12.1 Å². The van der Waals surface area contributed by atoms with Crippen LogP contribution in [-0.4, -0.2) is 26.0 Å². The molecule has 0 aliphatic heterocycles. The van der Waals surface area contributed by atoms with Crippen LogP contribution in [0.5, 0.6) is 0 Å². The van der Waals surface area contributed by atoms with Crippen LogP contribution in [0.4, 0.5) is 5.69 Å². The van der Waals surface area contributed by atoms with E-state index in [1.165, 1.54) is 22.0 Å². The number of nitrogens with zero attached hydrogens (tertiary/aromatic N) is 3. The highest BCUT2D eigenvalue weighted by molar-refractivity contribution is 8.00. The van der Waals surface area contributed by atoms with E-state index >= 15 is 0 Å². The van der Waals surface area contributed by atoms with Crippen LogP contribution in [0.2, 0.25) is 0 Å². The molecule has 7 heteroatoms. The number of nitrogen functional groups attached to an aromatic ring is 1. The molecule has 2 rings (SSSR count).